The quantitative estimate of drug-likeness (QED) is 0.501. The fourth-order valence-corrected chi connectivity index (χ4v) is 4.16. The Morgan fingerprint density at radius 1 is 1.25 bits per heavy atom. The fraction of sp³-hybridized carbons (Fsp3) is 0.360. The molecule has 6 nitrogen and oxygen atoms in total. The number of carbonyl (C=O) groups excluding carboxylic acids is 1. The van der Waals surface area contributed by atoms with E-state index in [0.717, 1.165) is 29.7 Å². The molecule has 1 atom stereocenters. The van der Waals surface area contributed by atoms with E-state index in [2.05, 4.69) is 4.98 Å². The lowest BCUT2D eigenvalue weighted by Gasteiger charge is -2.31. The third-order valence-electron chi connectivity index (χ3n) is 5.69. The minimum Gasteiger partial charge on any atom is -0.493 e. The molecule has 0 bridgehead atoms. The van der Waals surface area contributed by atoms with Crippen LogP contribution >= 0.6 is 11.6 Å². The van der Waals surface area contributed by atoms with Crippen LogP contribution in [0.25, 0.3) is 0 Å². The van der Waals surface area contributed by atoms with Crippen molar-refractivity contribution in [1.82, 2.24) is 9.88 Å². The molecule has 1 aliphatic heterocycles. The van der Waals surface area contributed by atoms with Gasteiger partial charge in [0.1, 0.15) is 5.76 Å². The molecule has 1 fully saturated rings. The Labute approximate surface area is 193 Å². The average Bonchev–Trinajstić information content (AvgIpc) is 3.28. The summed E-state index contributed by atoms with van der Waals surface area (Å²) in [5.41, 5.74) is 2.07. The number of ether oxygens (including phenoxy) is 2. The summed E-state index contributed by atoms with van der Waals surface area (Å²) in [4.78, 5) is 19.1. The molecule has 0 unspecified atom stereocenters. The molecule has 0 aliphatic carbocycles. The van der Waals surface area contributed by atoms with Crippen LogP contribution in [-0.4, -0.2) is 42.6 Å². The van der Waals surface area contributed by atoms with Gasteiger partial charge in [-0.25, -0.2) is 4.98 Å². The molecule has 1 aromatic heterocycles. The van der Waals surface area contributed by atoms with Crippen LogP contribution in [0.4, 0.5) is 0 Å². The van der Waals surface area contributed by atoms with E-state index in [1.54, 1.807) is 13.3 Å². The third-order valence-corrected chi connectivity index (χ3v) is 6.06. The first-order valence-corrected chi connectivity index (χ1v) is 11.1. The minimum absolute atomic E-state index is 0.0323. The summed E-state index contributed by atoms with van der Waals surface area (Å²) in [6.45, 7) is 3.22. The van der Waals surface area contributed by atoms with Gasteiger partial charge < -0.3 is 18.8 Å². The van der Waals surface area contributed by atoms with Crippen molar-refractivity contribution < 1.29 is 18.7 Å². The first kappa shape index (κ1) is 22.2. The maximum Gasteiger partial charge on any atom is 0.260 e. The van der Waals surface area contributed by atoms with Crippen molar-refractivity contribution in [3.63, 3.8) is 0 Å². The smallest absolute Gasteiger partial charge is 0.260 e. The van der Waals surface area contributed by atoms with E-state index in [-0.39, 0.29) is 18.4 Å². The van der Waals surface area contributed by atoms with Gasteiger partial charge in [-0.2, -0.15) is 0 Å². The molecule has 0 saturated carbocycles. The molecule has 1 aliphatic rings. The standard InChI is InChI=1S/C25H27ClN2O4/c1-17-9-10-22(23(12-17)30-2)31-16-24(29)28-11-5-7-19(15-28)25-27-14-20(32-25)13-18-6-3-4-8-21(18)26/h3-4,6,8-10,12,14,19H,5,7,11,13,15-16H2,1-2H3/t19-/m0/s1. The van der Waals surface area contributed by atoms with Crippen LogP contribution in [0, 0.1) is 6.92 Å². The molecular weight excluding hydrogens is 428 g/mol. The molecule has 0 radical (unpaired) electrons. The predicted molar refractivity (Wildman–Crippen MR) is 123 cm³/mol. The minimum atomic E-state index is -0.0554. The van der Waals surface area contributed by atoms with Gasteiger partial charge in [-0.3, -0.25) is 4.79 Å². The van der Waals surface area contributed by atoms with E-state index >= 15 is 0 Å². The number of likely N-dealkylation sites (tertiary alicyclic amines) is 1. The Kier molecular flexibility index (Phi) is 7.00. The van der Waals surface area contributed by atoms with E-state index in [9.17, 15) is 4.79 Å². The number of aryl methyl sites for hydroxylation is 1. The van der Waals surface area contributed by atoms with Crippen LogP contribution < -0.4 is 9.47 Å². The molecule has 3 aromatic rings. The van der Waals surface area contributed by atoms with Gasteiger partial charge in [0.05, 0.1) is 19.2 Å². The van der Waals surface area contributed by atoms with Gasteiger partial charge in [0.25, 0.3) is 5.91 Å². The summed E-state index contributed by atoms with van der Waals surface area (Å²) >= 11 is 6.26. The number of hydrogen-bond donors (Lipinski definition) is 0. The second-order valence-corrected chi connectivity index (χ2v) is 8.46. The van der Waals surface area contributed by atoms with Crippen LogP contribution in [-0.2, 0) is 11.2 Å². The predicted octanol–water partition coefficient (Wildman–Crippen LogP) is 5.02. The highest BCUT2D eigenvalue weighted by molar-refractivity contribution is 6.31. The molecule has 2 heterocycles. The topological polar surface area (TPSA) is 64.8 Å². The Hall–Kier alpha value is -2.99. The molecular formula is C25H27ClN2O4. The molecule has 1 amide bonds. The van der Waals surface area contributed by atoms with Gasteiger partial charge >= 0.3 is 0 Å². The van der Waals surface area contributed by atoms with Crippen molar-refractivity contribution in [2.24, 2.45) is 0 Å². The molecule has 168 valence electrons. The molecule has 1 saturated heterocycles. The van der Waals surface area contributed by atoms with E-state index in [1.807, 2.05) is 54.3 Å². The average molecular weight is 455 g/mol. The highest BCUT2D eigenvalue weighted by Crippen LogP contribution is 2.30. The van der Waals surface area contributed by atoms with Gasteiger partial charge in [0.15, 0.2) is 24.0 Å². The number of rotatable bonds is 7. The van der Waals surface area contributed by atoms with Crippen molar-refractivity contribution >= 4 is 17.5 Å². The van der Waals surface area contributed by atoms with Crippen molar-refractivity contribution in [2.45, 2.75) is 32.1 Å². The number of amides is 1. The zero-order valence-corrected chi connectivity index (χ0v) is 19.1. The highest BCUT2D eigenvalue weighted by Gasteiger charge is 2.28. The Bertz CT molecular complexity index is 1080. The van der Waals surface area contributed by atoms with Crippen molar-refractivity contribution in [1.29, 1.82) is 0 Å². The number of carbonyl (C=O) groups is 1. The number of piperidine rings is 1. The number of halogens is 1. The van der Waals surface area contributed by atoms with Crippen molar-refractivity contribution in [3.8, 4) is 11.5 Å². The Balaban J connectivity index is 1.36. The van der Waals surface area contributed by atoms with Crippen molar-refractivity contribution in [3.05, 3.63) is 76.5 Å². The highest BCUT2D eigenvalue weighted by atomic mass is 35.5. The summed E-state index contributed by atoms with van der Waals surface area (Å²) in [5.74, 6) is 2.65. The first-order chi connectivity index (χ1) is 15.5. The van der Waals surface area contributed by atoms with E-state index < -0.39 is 0 Å². The van der Waals surface area contributed by atoms with Gasteiger partial charge in [0, 0.05) is 24.5 Å². The fourth-order valence-electron chi connectivity index (χ4n) is 3.95. The number of benzene rings is 2. The molecule has 32 heavy (non-hydrogen) atoms. The van der Waals surface area contributed by atoms with Crippen LogP contribution in [0.1, 0.15) is 41.5 Å². The van der Waals surface area contributed by atoms with E-state index in [1.165, 1.54) is 0 Å². The summed E-state index contributed by atoms with van der Waals surface area (Å²) in [5, 5.41) is 0.713. The molecule has 4 rings (SSSR count). The summed E-state index contributed by atoms with van der Waals surface area (Å²) in [6.07, 6.45) is 4.18. The number of hydrogen-bond acceptors (Lipinski definition) is 5. The van der Waals surface area contributed by atoms with Crippen LogP contribution in [0.2, 0.25) is 5.02 Å². The maximum absolute atomic E-state index is 12.8. The number of aromatic nitrogens is 1. The molecule has 0 spiro atoms. The van der Waals surface area contributed by atoms with Gasteiger partial charge in [-0.1, -0.05) is 35.9 Å². The molecule has 7 heteroatoms. The van der Waals surface area contributed by atoms with E-state index in [4.69, 9.17) is 25.5 Å². The number of nitrogens with zero attached hydrogens (tertiary/aromatic N) is 2. The molecule has 0 N–H and O–H groups in total. The molecule has 2 aromatic carbocycles. The normalized spacial score (nSPS) is 16.1. The lowest BCUT2D eigenvalue weighted by atomic mass is 9.98. The second-order valence-electron chi connectivity index (χ2n) is 8.05. The maximum atomic E-state index is 12.8. The second kappa shape index (κ2) is 10.1. The lowest BCUT2D eigenvalue weighted by Crippen LogP contribution is -2.41. The third kappa shape index (κ3) is 5.25. The zero-order valence-electron chi connectivity index (χ0n) is 18.3. The van der Waals surface area contributed by atoms with Gasteiger partial charge in [-0.05, 0) is 49.1 Å². The number of methoxy groups -OCH3 is 1. The van der Waals surface area contributed by atoms with Crippen LogP contribution in [0.3, 0.4) is 0 Å². The summed E-state index contributed by atoms with van der Waals surface area (Å²) < 4.78 is 17.1. The lowest BCUT2D eigenvalue weighted by molar-refractivity contribution is -0.134. The first-order valence-electron chi connectivity index (χ1n) is 10.8. The van der Waals surface area contributed by atoms with Crippen LogP contribution in [0.5, 0.6) is 11.5 Å². The monoisotopic (exact) mass is 454 g/mol. The summed E-state index contributed by atoms with van der Waals surface area (Å²) in [7, 11) is 1.59. The Morgan fingerprint density at radius 2 is 2.09 bits per heavy atom. The number of oxazole rings is 1. The van der Waals surface area contributed by atoms with E-state index in [0.29, 0.717) is 41.9 Å². The Morgan fingerprint density at radius 3 is 2.91 bits per heavy atom. The van der Waals surface area contributed by atoms with Gasteiger partial charge in [-0.15, -0.1) is 0 Å². The van der Waals surface area contributed by atoms with Crippen molar-refractivity contribution in [2.75, 3.05) is 26.8 Å². The van der Waals surface area contributed by atoms with Crippen LogP contribution in [0.15, 0.2) is 53.1 Å². The SMILES string of the molecule is COc1cc(C)ccc1OCC(=O)N1CCC[C@H](c2ncc(Cc3ccccc3Cl)o2)C1. The summed E-state index contributed by atoms with van der Waals surface area (Å²) in [6, 6.07) is 13.4. The largest absolute Gasteiger partial charge is 0.493 e. The van der Waals surface area contributed by atoms with Gasteiger partial charge in [0.2, 0.25) is 0 Å². The zero-order chi connectivity index (χ0) is 22.5.